The highest BCUT2D eigenvalue weighted by Gasteiger charge is 2.64. The summed E-state index contributed by atoms with van der Waals surface area (Å²) in [7, 11) is -8.78. The van der Waals surface area contributed by atoms with E-state index >= 15 is 0 Å². The predicted octanol–water partition coefficient (Wildman–Crippen LogP) is -2.11. The van der Waals surface area contributed by atoms with Crippen molar-refractivity contribution in [1.82, 2.24) is 9.97 Å². The monoisotopic (exact) mass is 485 g/mol. The second-order valence-corrected chi connectivity index (χ2v) is 10.2. The van der Waals surface area contributed by atoms with Crippen LogP contribution >= 0.6 is 15.6 Å². The third-order valence-corrected chi connectivity index (χ3v) is 7.46. The molecule has 5 atom stereocenters. The SMILES string of the molecule is CN1CN([C@@H]2O[C@@]3(COP(=O)(O)OP(=O)(O)O)COC2C3CO)c2nc(N)[nH]c(=O)c21. The lowest BCUT2D eigenvalue weighted by Gasteiger charge is -2.35. The number of rotatable bonds is 7. The fourth-order valence-electron chi connectivity index (χ4n) is 4.10. The molecular formula is C13H21N5O11P2. The summed E-state index contributed by atoms with van der Waals surface area (Å²) in [5.41, 5.74) is 4.03. The topological polar surface area (TPSA) is 230 Å². The van der Waals surface area contributed by atoms with Crippen LogP contribution in [0.3, 0.4) is 0 Å². The Hall–Kier alpha value is -1.58. The van der Waals surface area contributed by atoms with Gasteiger partial charge in [-0.05, 0) is 0 Å². The van der Waals surface area contributed by atoms with Gasteiger partial charge in [-0.25, -0.2) is 9.13 Å². The summed E-state index contributed by atoms with van der Waals surface area (Å²) < 4.78 is 43.0. The molecule has 0 radical (unpaired) electrons. The van der Waals surface area contributed by atoms with Gasteiger partial charge in [0.2, 0.25) is 5.95 Å². The normalized spacial score (nSPS) is 31.8. The maximum absolute atomic E-state index is 12.3. The fraction of sp³-hybridized carbons (Fsp3) is 0.692. The first-order valence-electron chi connectivity index (χ1n) is 8.88. The number of H-pyrrole nitrogens is 1. The van der Waals surface area contributed by atoms with Crippen molar-refractivity contribution in [3.05, 3.63) is 10.4 Å². The number of nitrogens with one attached hydrogen (secondary N) is 1. The molecule has 2 fully saturated rings. The number of aliphatic hydroxyl groups excluding tert-OH is 1. The van der Waals surface area contributed by atoms with Crippen LogP contribution in [0, 0.1) is 5.92 Å². The second-order valence-electron chi connectivity index (χ2n) is 7.38. The van der Waals surface area contributed by atoms with Gasteiger partial charge >= 0.3 is 15.6 Å². The molecule has 0 aromatic carbocycles. The Morgan fingerprint density at radius 3 is 2.74 bits per heavy atom. The molecule has 0 amide bonds. The van der Waals surface area contributed by atoms with Crippen molar-refractivity contribution in [3.8, 4) is 0 Å². The highest BCUT2D eigenvalue weighted by Crippen LogP contribution is 2.59. The zero-order valence-corrected chi connectivity index (χ0v) is 17.8. The van der Waals surface area contributed by atoms with Crippen molar-refractivity contribution >= 4 is 33.1 Å². The summed E-state index contributed by atoms with van der Waals surface area (Å²) in [6.07, 6.45) is -1.59. The molecular weight excluding hydrogens is 464 g/mol. The molecule has 3 aliphatic heterocycles. The lowest BCUT2D eigenvalue weighted by atomic mass is 9.90. The summed E-state index contributed by atoms with van der Waals surface area (Å²) in [5, 5.41) is 9.90. The first-order chi connectivity index (χ1) is 14.4. The smallest absolute Gasteiger partial charge is 0.396 e. The lowest BCUT2D eigenvalue weighted by Crippen LogP contribution is -2.50. The molecule has 16 nitrogen and oxygen atoms in total. The Morgan fingerprint density at radius 2 is 2.10 bits per heavy atom. The van der Waals surface area contributed by atoms with Crippen LogP contribution < -0.4 is 21.1 Å². The van der Waals surface area contributed by atoms with E-state index in [4.69, 9.17) is 29.5 Å². The second kappa shape index (κ2) is 7.49. The minimum Gasteiger partial charge on any atom is -0.396 e. The van der Waals surface area contributed by atoms with Gasteiger partial charge in [-0.1, -0.05) is 0 Å². The van der Waals surface area contributed by atoms with E-state index in [1.54, 1.807) is 16.8 Å². The molecule has 174 valence electrons. The number of aromatic amines is 1. The van der Waals surface area contributed by atoms with Gasteiger partial charge < -0.3 is 44.8 Å². The van der Waals surface area contributed by atoms with Crippen LogP contribution in [0.4, 0.5) is 17.5 Å². The van der Waals surface area contributed by atoms with Crippen LogP contribution in [0.1, 0.15) is 0 Å². The zero-order chi connectivity index (χ0) is 22.8. The highest BCUT2D eigenvalue weighted by atomic mass is 31.3. The molecule has 4 heterocycles. The fourth-order valence-corrected chi connectivity index (χ4v) is 5.74. The van der Waals surface area contributed by atoms with Gasteiger partial charge in [0.1, 0.15) is 17.4 Å². The van der Waals surface area contributed by atoms with E-state index in [1.165, 1.54) is 0 Å². The number of fused-ring (bicyclic) bond motifs is 3. The summed E-state index contributed by atoms with van der Waals surface area (Å²) in [5.74, 6) is -0.600. The van der Waals surface area contributed by atoms with E-state index in [9.17, 15) is 23.9 Å². The van der Waals surface area contributed by atoms with Crippen molar-refractivity contribution in [2.45, 2.75) is 17.9 Å². The van der Waals surface area contributed by atoms with Crippen molar-refractivity contribution in [2.24, 2.45) is 5.92 Å². The van der Waals surface area contributed by atoms with Crippen LogP contribution in [-0.2, 0) is 27.4 Å². The van der Waals surface area contributed by atoms with E-state index in [-0.39, 0.29) is 30.7 Å². The van der Waals surface area contributed by atoms with E-state index < -0.39 is 58.3 Å². The van der Waals surface area contributed by atoms with Gasteiger partial charge in [0.15, 0.2) is 12.0 Å². The number of phosphoric ester groups is 1. The van der Waals surface area contributed by atoms with Gasteiger partial charge in [0.05, 0.1) is 26.5 Å². The third-order valence-electron chi connectivity index (χ3n) is 5.33. The summed E-state index contributed by atoms with van der Waals surface area (Å²) in [6, 6.07) is 0. The number of hydrogen-bond acceptors (Lipinski definition) is 12. The van der Waals surface area contributed by atoms with E-state index in [2.05, 4.69) is 14.3 Å². The van der Waals surface area contributed by atoms with Crippen LogP contribution in [0.2, 0.25) is 0 Å². The lowest BCUT2D eigenvalue weighted by molar-refractivity contribution is -0.157. The van der Waals surface area contributed by atoms with Crippen LogP contribution in [0.5, 0.6) is 0 Å². The van der Waals surface area contributed by atoms with Gasteiger partial charge in [0, 0.05) is 13.0 Å². The van der Waals surface area contributed by atoms with Gasteiger partial charge in [-0.3, -0.25) is 14.3 Å². The Kier molecular flexibility index (Phi) is 5.46. The summed E-state index contributed by atoms with van der Waals surface area (Å²) in [6.45, 7) is -1.06. The number of aliphatic hydroxyl groups is 1. The number of anilines is 3. The number of phosphoric acid groups is 2. The van der Waals surface area contributed by atoms with Gasteiger partial charge in [-0.2, -0.15) is 9.29 Å². The number of nitrogens with zero attached hydrogens (tertiary/aromatic N) is 3. The average molecular weight is 485 g/mol. The summed E-state index contributed by atoms with van der Waals surface area (Å²) >= 11 is 0. The number of nitrogens with two attached hydrogens (primary N) is 1. The number of aromatic nitrogens is 2. The van der Waals surface area contributed by atoms with Gasteiger partial charge in [0.25, 0.3) is 5.56 Å². The van der Waals surface area contributed by atoms with Crippen LogP contribution in [-0.4, -0.2) is 81.2 Å². The maximum Gasteiger partial charge on any atom is 0.481 e. The zero-order valence-electron chi connectivity index (χ0n) is 16.0. The first kappa shape index (κ1) is 22.6. The quantitative estimate of drug-likeness (QED) is 0.227. The molecule has 2 saturated heterocycles. The molecule has 7 N–H and O–H groups in total. The molecule has 0 saturated carbocycles. The minimum atomic E-state index is -5.30. The Morgan fingerprint density at radius 1 is 1.39 bits per heavy atom. The summed E-state index contributed by atoms with van der Waals surface area (Å²) in [4.78, 5) is 49.1. The van der Waals surface area contributed by atoms with E-state index in [0.717, 1.165) is 0 Å². The molecule has 4 rings (SSSR count). The van der Waals surface area contributed by atoms with Crippen molar-refractivity contribution in [1.29, 1.82) is 0 Å². The minimum absolute atomic E-state index is 0.110. The van der Waals surface area contributed by atoms with Crippen LogP contribution in [0.25, 0.3) is 0 Å². The average Bonchev–Trinajstić information content (AvgIpc) is 3.25. The molecule has 2 bridgehead atoms. The van der Waals surface area contributed by atoms with E-state index in [0.29, 0.717) is 0 Å². The molecule has 3 aliphatic rings. The highest BCUT2D eigenvalue weighted by molar-refractivity contribution is 7.60. The van der Waals surface area contributed by atoms with Gasteiger partial charge in [-0.15, -0.1) is 0 Å². The Bertz CT molecular complexity index is 1030. The molecule has 31 heavy (non-hydrogen) atoms. The largest absolute Gasteiger partial charge is 0.481 e. The first-order valence-corrected chi connectivity index (χ1v) is 11.9. The molecule has 1 aromatic rings. The van der Waals surface area contributed by atoms with E-state index in [1.807, 2.05) is 0 Å². The van der Waals surface area contributed by atoms with Crippen molar-refractivity contribution < 1.29 is 47.2 Å². The third kappa shape index (κ3) is 4.00. The molecule has 1 aromatic heterocycles. The predicted molar refractivity (Wildman–Crippen MR) is 102 cm³/mol. The molecule has 0 aliphatic carbocycles. The van der Waals surface area contributed by atoms with Crippen molar-refractivity contribution in [3.63, 3.8) is 0 Å². The Labute approximate surface area is 174 Å². The standard InChI is InChI=1S/C13H21N5O11P2/c1-17-5-18(9-7(17)10(20)16-12(14)15-9)11-8-6(2-19)13(28-11,3-26-8)4-27-31(24,25)29-30(21,22)23/h6,8,11,19H,2-5H2,1H3,(H,24,25)(H2,21,22,23)(H3,14,15,16,20)/t6?,8?,11-,13-/m1/s1. The Balaban J connectivity index is 1.59. The molecule has 3 unspecified atom stereocenters. The number of hydrogen-bond donors (Lipinski definition) is 6. The maximum atomic E-state index is 12.3. The molecule has 18 heteroatoms. The number of nitrogen functional groups attached to an aromatic ring is 1. The van der Waals surface area contributed by atoms with Crippen LogP contribution in [0.15, 0.2) is 4.79 Å². The molecule has 0 spiro atoms. The number of ether oxygens (including phenoxy) is 2. The van der Waals surface area contributed by atoms with Crippen molar-refractivity contribution in [2.75, 3.05) is 49.1 Å².